The first-order valence-electron chi connectivity index (χ1n) is 9.12. The van der Waals surface area contributed by atoms with Crippen molar-refractivity contribution in [1.82, 2.24) is 0 Å². The molecule has 1 amide bonds. The van der Waals surface area contributed by atoms with E-state index in [1.165, 1.54) is 6.92 Å². The van der Waals surface area contributed by atoms with Crippen LogP contribution in [0.15, 0.2) is 59.2 Å². The smallest absolute Gasteiger partial charge is 0.363 e. The average Bonchev–Trinajstić information content (AvgIpc) is 3.04. The Kier molecular flexibility index (Phi) is 5.89. The summed E-state index contributed by atoms with van der Waals surface area (Å²) in [5.74, 6) is 0.375. The van der Waals surface area contributed by atoms with Gasteiger partial charge in [0.2, 0.25) is 11.8 Å². The summed E-state index contributed by atoms with van der Waals surface area (Å²) in [5.41, 5.74) is 2.38. The van der Waals surface area contributed by atoms with Crippen LogP contribution in [0.1, 0.15) is 38.3 Å². The summed E-state index contributed by atoms with van der Waals surface area (Å²) < 4.78 is 11.0. The molecule has 144 valence electrons. The van der Waals surface area contributed by atoms with E-state index >= 15 is 0 Å². The largest absolute Gasteiger partial charge is 0.491 e. The third kappa shape index (κ3) is 4.85. The van der Waals surface area contributed by atoms with Crippen molar-refractivity contribution in [1.29, 1.82) is 0 Å². The quantitative estimate of drug-likeness (QED) is 0.605. The normalized spacial score (nSPS) is 15.8. The Hall–Kier alpha value is -3.41. The van der Waals surface area contributed by atoms with E-state index in [2.05, 4.69) is 17.2 Å². The van der Waals surface area contributed by atoms with Gasteiger partial charge in [0, 0.05) is 18.2 Å². The number of ether oxygens (including phenoxy) is 2. The highest BCUT2D eigenvalue weighted by Crippen LogP contribution is 2.22. The van der Waals surface area contributed by atoms with Crippen LogP contribution in [-0.2, 0) is 14.3 Å². The molecule has 3 rings (SSSR count). The molecule has 2 aromatic rings. The topological polar surface area (TPSA) is 77.0 Å². The second kappa shape index (κ2) is 8.52. The molecule has 1 aliphatic heterocycles. The Morgan fingerprint density at radius 3 is 2.46 bits per heavy atom. The van der Waals surface area contributed by atoms with Crippen molar-refractivity contribution in [3.05, 3.63) is 65.4 Å². The standard InChI is InChI=1S/C22H22N2O4/c1-4-14(2)27-19-11-5-16(6-12-19)13-20-22(26)28-21(24-20)17-7-9-18(10-8-17)23-15(3)25/h5-14H,4H2,1-3H3,(H,23,25)/b20-13-. The molecule has 1 aliphatic rings. The average molecular weight is 378 g/mol. The van der Waals surface area contributed by atoms with Gasteiger partial charge in [-0.05, 0) is 61.4 Å². The number of carbonyl (C=O) groups is 2. The van der Waals surface area contributed by atoms with E-state index in [4.69, 9.17) is 9.47 Å². The lowest BCUT2D eigenvalue weighted by Gasteiger charge is -2.12. The van der Waals surface area contributed by atoms with E-state index in [-0.39, 0.29) is 23.6 Å². The van der Waals surface area contributed by atoms with Crippen molar-refractivity contribution in [2.24, 2.45) is 4.99 Å². The molecule has 28 heavy (non-hydrogen) atoms. The van der Waals surface area contributed by atoms with Crippen molar-refractivity contribution in [3.8, 4) is 5.75 Å². The summed E-state index contributed by atoms with van der Waals surface area (Å²) in [5, 5.41) is 2.68. The Morgan fingerprint density at radius 2 is 1.86 bits per heavy atom. The maximum absolute atomic E-state index is 12.1. The minimum Gasteiger partial charge on any atom is -0.491 e. The molecule has 0 radical (unpaired) electrons. The van der Waals surface area contributed by atoms with Crippen LogP contribution in [0.2, 0.25) is 0 Å². The number of cyclic esters (lactones) is 1. The van der Waals surface area contributed by atoms with Crippen LogP contribution in [0.5, 0.6) is 5.75 Å². The first-order chi connectivity index (χ1) is 13.4. The Balaban J connectivity index is 1.75. The molecule has 0 saturated heterocycles. The molecule has 1 heterocycles. The van der Waals surface area contributed by atoms with Crippen molar-refractivity contribution >= 4 is 29.5 Å². The maximum atomic E-state index is 12.1. The van der Waals surface area contributed by atoms with Gasteiger partial charge in [0.05, 0.1) is 6.10 Å². The van der Waals surface area contributed by atoms with Crippen molar-refractivity contribution in [2.75, 3.05) is 5.32 Å². The van der Waals surface area contributed by atoms with Crippen LogP contribution in [0.3, 0.4) is 0 Å². The number of anilines is 1. The number of esters is 1. The van der Waals surface area contributed by atoms with E-state index in [0.29, 0.717) is 11.3 Å². The molecule has 0 aliphatic carbocycles. The number of rotatable bonds is 6. The van der Waals surface area contributed by atoms with Crippen LogP contribution in [0.4, 0.5) is 5.69 Å². The van der Waals surface area contributed by atoms with Gasteiger partial charge in [-0.25, -0.2) is 9.79 Å². The third-order valence-corrected chi connectivity index (χ3v) is 4.17. The number of nitrogens with one attached hydrogen (secondary N) is 1. The van der Waals surface area contributed by atoms with Crippen LogP contribution in [0, 0.1) is 0 Å². The first-order valence-corrected chi connectivity index (χ1v) is 9.12. The summed E-state index contributed by atoms with van der Waals surface area (Å²) in [6.07, 6.45) is 2.76. The zero-order valence-corrected chi connectivity index (χ0v) is 16.1. The number of hydrogen-bond acceptors (Lipinski definition) is 5. The van der Waals surface area contributed by atoms with Gasteiger partial charge in [0.1, 0.15) is 5.75 Å². The van der Waals surface area contributed by atoms with Gasteiger partial charge < -0.3 is 14.8 Å². The summed E-state index contributed by atoms with van der Waals surface area (Å²) in [6.45, 7) is 5.53. The fraction of sp³-hybridized carbons (Fsp3) is 0.227. The van der Waals surface area contributed by atoms with Gasteiger partial charge in [-0.15, -0.1) is 0 Å². The molecule has 0 fully saturated rings. The van der Waals surface area contributed by atoms with Gasteiger partial charge in [-0.3, -0.25) is 4.79 Å². The fourth-order valence-electron chi connectivity index (χ4n) is 2.55. The van der Waals surface area contributed by atoms with Gasteiger partial charge in [-0.1, -0.05) is 19.1 Å². The molecular formula is C22H22N2O4. The van der Waals surface area contributed by atoms with E-state index in [1.807, 2.05) is 31.2 Å². The van der Waals surface area contributed by atoms with Gasteiger partial charge in [-0.2, -0.15) is 0 Å². The molecule has 6 nitrogen and oxygen atoms in total. The third-order valence-electron chi connectivity index (χ3n) is 4.17. The van der Waals surface area contributed by atoms with Gasteiger partial charge in [0.25, 0.3) is 0 Å². The molecule has 1 atom stereocenters. The predicted octanol–water partition coefficient (Wildman–Crippen LogP) is 4.17. The second-order valence-corrected chi connectivity index (χ2v) is 6.50. The Morgan fingerprint density at radius 1 is 1.18 bits per heavy atom. The summed E-state index contributed by atoms with van der Waals surface area (Å²) in [7, 11) is 0. The van der Waals surface area contributed by atoms with E-state index < -0.39 is 5.97 Å². The lowest BCUT2D eigenvalue weighted by Crippen LogP contribution is -2.09. The van der Waals surface area contributed by atoms with Gasteiger partial charge in [0.15, 0.2) is 5.70 Å². The number of amides is 1. The fourth-order valence-corrected chi connectivity index (χ4v) is 2.55. The Labute approximate surface area is 163 Å². The highest BCUT2D eigenvalue weighted by atomic mass is 16.6. The molecule has 0 bridgehead atoms. The molecule has 0 saturated carbocycles. The minimum atomic E-state index is -0.499. The summed E-state index contributed by atoms with van der Waals surface area (Å²) >= 11 is 0. The van der Waals surface area contributed by atoms with Crippen molar-refractivity contribution in [3.63, 3.8) is 0 Å². The van der Waals surface area contributed by atoms with Crippen LogP contribution >= 0.6 is 0 Å². The molecule has 0 aromatic heterocycles. The predicted molar refractivity (Wildman–Crippen MR) is 108 cm³/mol. The van der Waals surface area contributed by atoms with Crippen LogP contribution in [-0.4, -0.2) is 23.9 Å². The first kappa shape index (κ1) is 19.4. The zero-order valence-electron chi connectivity index (χ0n) is 16.1. The van der Waals surface area contributed by atoms with E-state index in [0.717, 1.165) is 17.7 Å². The summed E-state index contributed by atoms with van der Waals surface area (Å²) in [4.78, 5) is 27.5. The SMILES string of the molecule is CCC(C)Oc1ccc(/C=C2\N=C(c3ccc(NC(C)=O)cc3)OC2=O)cc1. The molecule has 1 N–H and O–H groups in total. The second-order valence-electron chi connectivity index (χ2n) is 6.50. The molecule has 6 heteroatoms. The minimum absolute atomic E-state index is 0.150. The molecule has 2 aromatic carbocycles. The van der Waals surface area contributed by atoms with Crippen molar-refractivity contribution < 1.29 is 19.1 Å². The number of carbonyl (C=O) groups excluding carboxylic acids is 2. The molecular weight excluding hydrogens is 356 g/mol. The van der Waals surface area contributed by atoms with Crippen LogP contribution < -0.4 is 10.1 Å². The van der Waals surface area contributed by atoms with Gasteiger partial charge >= 0.3 is 5.97 Å². The zero-order chi connectivity index (χ0) is 20.1. The number of aliphatic imine (C=N–C) groups is 1. The van der Waals surface area contributed by atoms with E-state index in [1.54, 1.807) is 30.3 Å². The highest BCUT2D eigenvalue weighted by molar-refractivity contribution is 6.13. The summed E-state index contributed by atoms with van der Waals surface area (Å²) in [6, 6.07) is 14.4. The molecule has 0 spiro atoms. The molecule has 1 unspecified atom stereocenters. The van der Waals surface area contributed by atoms with Crippen LogP contribution in [0.25, 0.3) is 6.08 Å². The van der Waals surface area contributed by atoms with Crippen molar-refractivity contribution in [2.45, 2.75) is 33.3 Å². The Bertz CT molecular complexity index is 928. The maximum Gasteiger partial charge on any atom is 0.363 e. The lowest BCUT2D eigenvalue weighted by molar-refractivity contribution is -0.129. The van der Waals surface area contributed by atoms with E-state index in [9.17, 15) is 9.59 Å². The highest BCUT2D eigenvalue weighted by Gasteiger charge is 2.24. The lowest BCUT2D eigenvalue weighted by atomic mass is 10.2. The number of nitrogens with zero attached hydrogens (tertiary/aromatic N) is 1. The number of benzene rings is 2. The monoisotopic (exact) mass is 378 g/mol. The number of hydrogen-bond donors (Lipinski definition) is 1.